The summed E-state index contributed by atoms with van der Waals surface area (Å²) in [6, 6.07) is 5.83. The monoisotopic (exact) mass is 250 g/mol. The van der Waals surface area contributed by atoms with Crippen molar-refractivity contribution in [3.05, 3.63) is 23.2 Å². The maximum Gasteiger partial charge on any atom is 0.206 e. The third kappa shape index (κ3) is 1.87. The summed E-state index contributed by atoms with van der Waals surface area (Å²) in [4.78, 5) is 6.99. The summed E-state index contributed by atoms with van der Waals surface area (Å²) >= 11 is 6.02. The van der Waals surface area contributed by atoms with E-state index >= 15 is 0 Å². The number of halogens is 1. The van der Waals surface area contributed by atoms with Crippen LogP contribution in [0.3, 0.4) is 0 Å². The van der Waals surface area contributed by atoms with E-state index in [0.29, 0.717) is 0 Å². The van der Waals surface area contributed by atoms with Crippen LogP contribution in [0.5, 0.6) is 0 Å². The second-order valence-corrected chi connectivity index (χ2v) is 4.78. The summed E-state index contributed by atoms with van der Waals surface area (Å²) in [6.07, 6.45) is 0. The quantitative estimate of drug-likeness (QED) is 0.835. The fourth-order valence-corrected chi connectivity index (χ4v) is 2.46. The maximum atomic E-state index is 6.02. The first kappa shape index (κ1) is 10.9. The van der Waals surface area contributed by atoms with Gasteiger partial charge in [-0.05, 0) is 18.2 Å². The highest BCUT2D eigenvalue weighted by molar-refractivity contribution is 6.31. The van der Waals surface area contributed by atoms with Crippen LogP contribution in [-0.4, -0.2) is 35.7 Å². The summed E-state index contributed by atoms with van der Waals surface area (Å²) in [7, 11) is 2.04. The van der Waals surface area contributed by atoms with Gasteiger partial charge in [-0.2, -0.15) is 0 Å². The Morgan fingerprint density at radius 3 is 2.82 bits per heavy atom. The summed E-state index contributed by atoms with van der Waals surface area (Å²) in [5.41, 5.74) is 2.09. The normalized spacial score (nSPS) is 16.7. The van der Waals surface area contributed by atoms with Crippen molar-refractivity contribution in [1.29, 1.82) is 0 Å². The molecule has 0 bridgehead atoms. The standard InChI is InChI=1S/C12H15ClN4/c1-16-11-8-9(13)2-3-10(11)15-12(16)17-6-4-14-5-7-17/h2-3,8,14H,4-7H2,1H3. The molecule has 90 valence electrons. The number of fused-ring (bicyclic) bond motifs is 1. The number of aromatic nitrogens is 2. The zero-order valence-corrected chi connectivity index (χ0v) is 10.5. The topological polar surface area (TPSA) is 33.1 Å². The minimum atomic E-state index is 0.757. The van der Waals surface area contributed by atoms with Gasteiger partial charge in [-0.25, -0.2) is 4.98 Å². The predicted octanol–water partition coefficient (Wildman–Crippen LogP) is 1.64. The number of nitrogens with one attached hydrogen (secondary N) is 1. The molecule has 0 radical (unpaired) electrons. The summed E-state index contributed by atoms with van der Waals surface area (Å²) < 4.78 is 2.12. The number of hydrogen-bond donors (Lipinski definition) is 1. The highest BCUT2D eigenvalue weighted by Crippen LogP contribution is 2.24. The van der Waals surface area contributed by atoms with E-state index in [1.807, 2.05) is 25.2 Å². The lowest BCUT2D eigenvalue weighted by Gasteiger charge is -2.28. The fourth-order valence-electron chi connectivity index (χ4n) is 2.30. The lowest BCUT2D eigenvalue weighted by Crippen LogP contribution is -2.44. The number of benzene rings is 1. The molecular weight excluding hydrogens is 236 g/mol. The van der Waals surface area contributed by atoms with Crippen LogP contribution in [0.2, 0.25) is 5.02 Å². The molecule has 1 aliphatic heterocycles. The van der Waals surface area contributed by atoms with Crippen molar-refractivity contribution < 1.29 is 0 Å². The highest BCUT2D eigenvalue weighted by Gasteiger charge is 2.16. The maximum absolute atomic E-state index is 6.02. The molecule has 1 aliphatic rings. The van der Waals surface area contributed by atoms with Crippen molar-refractivity contribution in [3.63, 3.8) is 0 Å². The van der Waals surface area contributed by atoms with E-state index in [1.54, 1.807) is 0 Å². The molecule has 2 heterocycles. The number of hydrogen-bond acceptors (Lipinski definition) is 3. The van der Waals surface area contributed by atoms with Crippen molar-refractivity contribution in [3.8, 4) is 0 Å². The third-order valence-corrected chi connectivity index (χ3v) is 3.45. The first-order chi connectivity index (χ1) is 8.25. The van der Waals surface area contributed by atoms with Gasteiger partial charge in [0.1, 0.15) is 0 Å². The second kappa shape index (κ2) is 4.20. The van der Waals surface area contributed by atoms with E-state index in [2.05, 4.69) is 19.8 Å². The Hall–Kier alpha value is -1.26. The van der Waals surface area contributed by atoms with Crippen molar-refractivity contribution in [1.82, 2.24) is 14.9 Å². The van der Waals surface area contributed by atoms with E-state index in [1.165, 1.54) is 0 Å². The number of nitrogens with zero attached hydrogens (tertiary/aromatic N) is 3. The molecule has 3 rings (SSSR count). The Labute approximate surface area is 105 Å². The van der Waals surface area contributed by atoms with Crippen LogP contribution >= 0.6 is 11.6 Å². The van der Waals surface area contributed by atoms with Crippen LogP contribution < -0.4 is 10.2 Å². The largest absolute Gasteiger partial charge is 0.340 e. The number of anilines is 1. The Kier molecular flexibility index (Phi) is 2.68. The fraction of sp³-hybridized carbons (Fsp3) is 0.417. The zero-order valence-electron chi connectivity index (χ0n) is 9.78. The van der Waals surface area contributed by atoms with E-state index in [-0.39, 0.29) is 0 Å². The molecule has 0 aliphatic carbocycles. The molecule has 4 nitrogen and oxygen atoms in total. The average Bonchev–Trinajstić information content (AvgIpc) is 2.68. The lowest BCUT2D eigenvalue weighted by molar-refractivity contribution is 0.575. The molecule has 0 atom stereocenters. The molecule has 1 aromatic heterocycles. The van der Waals surface area contributed by atoms with Gasteiger partial charge in [0.2, 0.25) is 5.95 Å². The number of imidazole rings is 1. The van der Waals surface area contributed by atoms with Crippen LogP contribution in [0.1, 0.15) is 0 Å². The van der Waals surface area contributed by atoms with Crippen LogP contribution in [0.4, 0.5) is 5.95 Å². The molecular formula is C12H15ClN4. The summed E-state index contributed by atoms with van der Waals surface area (Å²) in [6.45, 7) is 4.05. The first-order valence-corrected chi connectivity index (χ1v) is 6.21. The molecule has 0 saturated carbocycles. The van der Waals surface area contributed by atoms with Gasteiger partial charge in [-0.15, -0.1) is 0 Å². The van der Waals surface area contributed by atoms with Crippen molar-refractivity contribution in [2.24, 2.45) is 7.05 Å². The van der Waals surface area contributed by atoms with Gasteiger partial charge < -0.3 is 14.8 Å². The van der Waals surface area contributed by atoms with Crippen LogP contribution in [0.25, 0.3) is 11.0 Å². The minimum absolute atomic E-state index is 0.757. The number of rotatable bonds is 1. The van der Waals surface area contributed by atoms with E-state index in [0.717, 1.165) is 48.2 Å². The van der Waals surface area contributed by atoms with Gasteiger partial charge in [-0.3, -0.25) is 0 Å². The molecule has 0 spiro atoms. The molecule has 1 fully saturated rings. The highest BCUT2D eigenvalue weighted by atomic mass is 35.5. The molecule has 0 amide bonds. The Morgan fingerprint density at radius 1 is 1.29 bits per heavy atom. The SMILES string of the molecule is Cn1c(N2CCNCC2)nc2ccc(Cl)cc21. The summed E-state index contributed by atoms with van der Waals surface area (Å²) in [5, 5.41) is 4.10. The van der Waals surface area contributed by atoms with Gasteiger partial charge in [0.05, 0.1) is 11.0 Å². The first-order valence-electron chi connectivity index (χ1n) is 5.83. The van der Waals surface area contributed by atoms with Crippen molar-refractivity contribution in [2.75, 3.05) is 31.1 Å². The van der Waals surface area contributed by atoms with Crippen LogP contribution in [-0.2, 0) is 7.05 Å². The number of piperazine rings is 1. The molecule has 1 aromatic carbocycles. The van der Waals surface area contributed by atoms with Crippen molar-refractivity contribution >= 4 is 28.6 Å². The van der Waals surface area contributed by atoms with Gasteiger partial charge >= 0.3 is 0 Å². The van der Waals surface area contributed by atoms with Gasteiger partial charge in [0.25, 0.3) is 0 Å². The second-order valence-electron chi connectivity index (χ2n) is 4.34. The van der Waals surface area contributed by atoms with Gasteiger partial charge in [0.15, 0.2) is 0 Å². The third-order valence-electron chi connectivity index (χ3n) is 3.22. The Balaban J connectivity index is 2.07. The van der Waals surface area contributed by atoms with Crippen LogP contribution in [0, 0.1) is 0 Å². The minimum Gasteiger partial charge on any atom is -0.340 e. The van der Waals surface area contributed by atoms with Crippen LogP contribution in [0.15, 0.2) is 18.2 Å². The predicted molar refractivity (Wildman–Crippen MR) is 70.8 cm³/mol. The van der Waals surface area contributed by atoms with Gasteiger partial charge in [-0.1, -0.05) is 11.6 Å². The smallest absolute Gasteiger partial charge is 0.206 e. The lowest BCUT2D eigenvalue weighted by atomic mass is 10.3. The van der Waals surface area contributed by atoms with E-state index < -0.39 is 0 Å². The zero-order chi connectivity index (χ0) is 11.8. The molecule has 5 heteroatoms. The molecule has 17 heavy (non-hydrogen) atoms. The Bertz CT molecular complexity index is 543. The Morgan fingerprint density at radius 2 is 2.06 bits per heavy atom. The summed E-state index contributed by atoms with van der Waals surface area (Å²) in [5.74, 6) is 1.03. The average molecular weight is 251 g/mol. The van der Waals surface area contributed by atoms with Gasteiger partial charge in [0, 0.05) is 38.2 Å². The molecule has 1 saturated heterocycles. The molecule has 0 unspecified atom stereocenters. The number of aryl methyl sites for hydroxylation is 1. The molecule has 1 N–H and O–H groups in total. The van der Waals surface area contributed by atoms with E-state index in [9.17, 15) is 0 Å². The van der Waals surface area contributed by atoms with E-state index in [4.69, 9.17) is 11.6 Å². The molecule has 2 aromatic rings. The van der Waals surface area contributed by atoms with Crippen molar-refractivity contribution in [2.45, 2.75) is 0 Å².